The first kappa shape index (κ1) is 18.7. The van der Waals surface area contributed by atoms with E-state index in [9.17, 15) is 4.79 Å². The minimum absolute atomic E-state index is 0.209. The average Bonchev–Trinajstić information content (AvgIpc) is 3.04. The minimum Gasteiger partial charge on any atom is -0.378 e. The SMILES string of the molecule is O=C(Nc1ccccc1N1CCOCC1)c1ccnc(N2CCCCCC2)n1. The molecule has 4 rings (SSSR count). The third-order valence-corrected chi connectivity index (χ3v) is 5.27. The summed E-state index contributed by atoms with van der Waals surface area (Å²) in [6.07, 6.45) is 6.46. The molecule has 0 radical (unpaired) electrons. The highest BCUT2D eigenvalue weighted by atomic mass is 16.5. The number of rotatable bonds is 4. The maximum absolute atomic E-state index is 12.9. The number of nitrogens with one attached hydrogen (secondary N) is 1. The molecule has 7 heteroatoms. The zero-order valence-corrected chi connectivity index (χ0v) is 16.1. The Morgan fingerprint density at radius 1 is 0.929 bits per heavy atom. The third-order valence-electron chi connectivity index (χ3n) is 5.27. The molecule has 1 amide bonds. The Labute approximate surface area is 165 Å². The van der Waals surface area contributed by atoms with Gasteiger partial charge in [-0.15, -0.1) is 0 Å². The van der Waals surface area contributed by atoms with E-state index >= 15 is 0 Å². The molecule has 1 aromatic carbocycles. The number of benzene rings is 1. The van der Waals surface area contributed by atoms with Gasteiger partial charge in [-0.1, -0.05) is 25.0 Å². The number of hydrogen-bond acceptors (Lipinski definition) is 6. The monoisotopic (exact) mass is 381 g/mol. The predicted molar refractivity (Wildman–Crippen MR) is 110 cm³/mol. The van der Waals surface area contributed by atoms with E-state index in [0.29, 0.717) is 24.9 Å². The van der Waals surface area contributed by atoms with Gasteiger partial charge in [-0.25, -0.2) is 9.97 Å². The normalized spacial score (nSPS) is 17.9. The van der Waals surface area contributed by atoms with Crippen LogP contribution in [0.2, 0.25) is 0 Å². The van der Waals surface area contributed by atoms with Gasteiger partial charge in [0, 0.05) is 32.4 Å². The maximum Gasteiger partial charge on any atom is 0.274 e. The fourth-order valence-corrected chi connectivity index (χ4v) is 3.74. The largest absolute Gasteiger partial charge is 0.378 e. The van der Waals surface area contributed by atoms with Crippen LogP contribution in [0.3, 0.4) is 0 Å². The number of morpholine rings is 1. The van der Waals surface area contributed by atoms with Crippen LogP contribution in [-0.4, -0.2) is 55.3 Å². The van der Waals surface area contributed by atoms with E-state index in [-0.39, 0.29) is 5.91 Å². The molecule has 28 heavy (non-hydrogen) atoms. The lowest BCUT2D eigenvalue weighted by atomic mass is 10.2. The number of ether oxygens (including phenoxy) is 1. The number of hydrogen-bond donors (Lipinski definition) is 1. The van der Waals surface area contributed by atoms with E-state index in [1.54, 1.807) is 12.3 Å². The second-order valence-electron chi connectivity index (χ2n) is 7.21. The summed E-state index contributed by atoms with van der Waals surface area (Å²) in [5.41, 5.74) is 2.20. The van der Waals surface area contributed by atoms with Gasteiger partial charge in [0.05, 0.1) is 24.6 Å². The van der Waals surface area contributed by atoms with Crippen LogP contribution >= 0.6 is 0 Å². The first-order valence-corrected chi connectivity index (χ1v) is 10.1. The number of para-hydroxylation sites is 2. The molecule has 2 fully saturated rings. The number of carbonyl (C=O) groups excluding carboxylic acids is 1. The lowest BCUT2D eigenvalue weighted by Gasteiger charge is -2.30. The van der Waals surface area contributed by atoms with E-state index in [1.807, 2.05) is 24.3 Å². The van der Waals surface area contributed by atoms with Gasteiger partial charge < -0.3 is 19.9 Å². The minimum atomic E-state index is -0.209. The van der Waals surface area contributed by atoms with Gasteiger partial charge in [0.25, 0.3) is 5.91 Å². The van der Waals surface area contributed by atoms with E-state index in [2.05, 4.69) is 25.1 Å². The molecule has 2 aliphatic rings. The van der Waals surface area contributed by atoms with E-state index < -0.39 is 0 Å². The fourth-order valence-electron chi connectivity index (χ4n) is 3.74. The van der Waals surface area contributed by atoms with Gasteiger partial charge in [-0.05, 0) is 31.0 Å². The van der Waals surface area contributed by atoms with Gasteiger partial charge in [0.15, 0.2) is 0 Å². The van der Waals surface area contributed by atoms with Crippen LogP contribution in [0.5, 0.6) is 0 Å². The fraction of sp³-hybridized carbons (Fsp3) is 0.476. The Morgan fingerprint density at radius 3 is 2.46 bits per heavy atom. The van der Waals surface area contributed by atoms with Crippen molar-refractivity contribution < 1.29 is 9.53 Å². The Bertz CT molecular complexity index is 799. The van der Waals surface area contributed by atoms with E-state index in [0.717, 1.165) is 50.4 Å². The molecule has 2 aliphatic heterocycles. The molecular weight excluding hydrogens is 354 g/mol. The summed E-state index contributed by atoms with van der Waals surface area (Å²) >= 11 is 0. The lowest BCUT2D eigenvalue weighted by molar-refractivity contribution is 0.102. The van der Waals surface area contributed by atoms with Crippen LogP contribution in [-0.2, 0) is 4.74 Å². The van der Waals surface area contributed by atoms with Crippen LogP contribution in [0.15, 0.2) is 36.5 Å². The van der Waals surface area contributed by atoms with Crippen LogP contribution in [0, 0.1) is 0 Å². The molecule has 7 nitrogen and oxygen atoms in total. The van der Waals surface area contributed by atoms with Crippen molar-refractivity contribution >= 4 is 23.2 Å². The molecule has 2 aromatic rings. The van der Waals surface area contributed by atoms with Gasteiger partial charge in [-0.2, -0.15) is 0 Å². The summed E-state index contributed by atoms with van der Waals surface area (Å²) in [6, 6.07) is 9.56. The Morgan fingerprint density at radius 2 is 1.68 bits per heavy atom. The van der Waals surface area contributed by atoms with Gasteiger partial charge in [-0.3, -0.25) is 4.79 Å². The summed E-state index contributed by atoms with van der Waals surface area (Å²) in [6.45, 7) is 4.94. The molecule has 0 unspecified atom stereocenters. The molecule has 0 aliphatic carbocycles. The Kier molecular flexibility index (Phi) is 6.01. The van der Waals surface area contributed by atoms with Gasteiger partial charge in [0.1, 0.15) is 5.69 Å². The van der Waals surface area contributed by atoms with Crippen molar-refractivity contribution in [1.29, 1.82) is 0 Å². The highest BCUT2D eigenvalue weighted by molar-refractivity contribution is 6.04. The predicted octanol–water partition coefficient (Wildman–Crippen LogP) is 2.95. The third kappa shape index (κ3) is 4.42. The van der Waals surface area contributed by atoms with E-state index in [1.165, 1.54) is 12.8 Å². The summed E-state index contributed by atoms with van der Waals surface area (Å²) in [4.78, 5) is 26.3. The topological polar surface area (TPSA) is 70.6 Å². The molecule has 148 valence electrons. The Hall–Kier alpha value is -2.67. The number of carbonyl (C=O) groups is 1. The van der Waals surface area contributed by atoms with Crippen molar-refractivity contribution in [3.05, 3.63) is 42.2 Å². The van der Waals surface area contributed by atoms with Crippen molar-refractivity contribution in [2.45, 2.75) is 25.7 Å². The van der Waals surface area contributed by atoms with Crippen LogP contribution in [0.1, 0.15) is 36.2 Å². The number of anilines is 3. The number of aromatic nitrogens is 2. The summed E-state index contributed by atoms with van der Waals surface area (Å²) in [5, 5.41) is 3.04. The molecule has 0 bridgehead atoms. The highest BCUT2D eigenvalue weighted by Crippen LogP contribution is 2.27. The molecule has 1 aromatic heterocycles. The van der Waals surface area contributed by atoms with Gasteiger partial charge in [0.2, 0.25) is 5.95 Å². The Balaban J connectivity index is 1.50. The van der Waals surface area contributed by atoms with Crippen molar-refractivity contribution in [2.24, 2.45) is 0 Å². The van der Waals surface area contributed by atoms with Crippen LogP contribution < -0.4 is 15.1 Å². The number of amides is 1. The summed E-state index contributed by atoms with van der Waals surface area (Å²) in [5.74, 6) is 0.440. The molecular formula is C21H27N5O2. The first-order chi connectivity index (χ1) is 13.8. The quantitative estimate of drug-likeness (QED) is 0.878. The second kappa shape index (κ2) is 9.01. The molecule has 0 saturated carbocycles. The standard InChI is InChI=1S/C21H27N5O2/c27-20(18-9-10-22-21(24-18)26-11-5-1-2-6-12-26)23-17-7-3-4-8-19(17)25-13-15-28-16-14-25/h3-4,7-10H,1-2,5-6,11-16H2,(H,23,27). The molecule has 0 atom stereocenters. The molecule has 0 spiro atoms. The van der Waals surface area contributed by atoms with Crippen molar-refractivity contribution in [2.75, 3.05) is 54.5 Å². The van der Waals surface area contributed by atoms with Gasteiger partial charge >= 0.3 is 0 Å². The molecule has 2 saturated heterocycles. The van der Waals surface area contributed by atoms with Crippen molar-refractivity contribution in [3.63, 3.8) is 0 Å². The summed E-state index contributed by atoms with van der Waals surface area (Å²) < 4.78 is 5.44. The molecule has 1 N–H and O–H groups in total. The molecule has 3 heterocycles. The first-order valence-electron chi connectivity index (χ1n) is 10.1. The van der Waals surface area contributed by atoms with Crippen molar-refractivity contribution in [1.82, 2.24) is 9.97 Å². The van der Waals surface area contributed by atoms with Crippen molar-refractivity contribution in [3.8, 4) is 0 Å². The maximum atomic E-state index is 12.9. The zero-order chi connectivity index (χ0) is 19.2. The summed E-state index contributed by atoms with van der Waals surface area (Å²) in [7, 11) is 0. The van der Waals surface area contributed by atoms with Crippen LogP contribution in [0.25, 0.3) is 0 Å². The second-order valence-corrected chi connectivity index (χ2v) is 7.21. The lowest BCUT2D eigenvalue weighted by Crippen LogP contribution is -2.36. The average molecular weight is 381 g/mol. The number of nitrogens with zero attached hydrogens (tertiary/aromatic N) is 4. The zero-order valence-electron chi connectivity index (χ0n) is 16.1. The van der Waals surface area contributed by atoms with Crippen LogP contribution in [0.4, 0.5) is 17.3 Å². The highest BCUT2D eigenvalue weighted by Gasteiger charge is 2.18. The smallest absolute Gasteiger partial charge is 0.274 e. The van der Waals surface area contributed by atoms with E-state index in [4.69, 9.17) is 4.74 Å².